The second-order valence-corrected chi connectivity index (χ2v) is 7.87. The summed E-state index contributed by atoms with van der Waals surface area (Å²) in [6, 6.07) is 9.78. The zero-order chi connectivity index (χ0) is 22.5. The first kappa shape index (κ1) is 22.4. The number of halogens is 2. The number of hydrogen-bond acceptors (Lipinski definition) is 5. The first-order valence-electron chi connectivity index (χ1n) is 9.42. The third kappa shape index (κ3) is 5.46. The van der Waals surface area contributed by atoms with Crippen LogP contribution < -0.4 is 16.2 Å². The molecule has 1 heterocycles. The molecule has 0 bridgehead atoms. The monoisotopic (exact) mass is 446 g/mol. The molecule has 0 saturated carbocycles. The minimum atomic E-state index is -1.09. The predicted octanol–water partition coefficient (Wildman–Crippen LogP) is 3.10. The lowest BCUT2D eigenvalue weighted by Crippen LogP contribution is -2.34. The summed E-state index contributed by atoms with van der Waals surface area (Å²) in [6.45, 7) is 3.36. The maximum Gasteiger partial charge on any atom is 0.262 e. The quantitative estimate of drug-likeness (QED) is 0.430. The van der Waals surface area contributed by atoms with Crippen molar-refractivity contribution < 1.29 is 18.4 Å². The lowest BCUT2D eigenvalue weighted by Gasteiger charge is -2.16. The number of aromatic nitrogens is 2. The molecular formula is C21H20F2N4O3S. The second kappa shape index (κ2) is 9.69. The number of benzene rings is 2. The van der Waals surface area contributed by atoms with E-state index in [-0.39, 0.29) is 29.6 Å². The van der Waals surface area contributed by atoms with Gasteiger partial charge in [0.15, 0.2) is 16.8 Å². The minimum absolute atomic E-state index is 0.0596. The van der Waals surface area contributed by atoms with Crippen molar-refractivity contribution in [2.75, 3.05) is 17.6 Å². The Labute approximate surface area is 180 Å². The molecule has 0 unspecified atom stereocenters. The molecule has 3 aromatic rings. The van der Waals surface area contributed by atoms with Gasteiger partial charge in [0, 0.05) is 17.8 Å². The number of fused-ring (bicyclic) bond motifs is 1. The number of amides is 2. The van der Waals surface area contributed by atoms with Crippen LogP contribution in [-0.4, -0.2) is 33.7 Å². The normalized spacial score (nSPS) is 11.0. The SMILES string of the molecule is CC(C)n1c(SCC(=O)NCC(=O)Nc2ccc(F)c(F)c2)nc2ccccc2c1=O. The molecule has 1 aromatic heterocycles. The molecule has 10 heteroatoms. The van der Waals surface area contributed by atoms with E-state index < -0.39 is 23.4 Å². The van der Waals surface area contributed by atoms with Crippen molar-refractivity contribution in [1.82, 2.24) is 14.9 Å². The van der Waals surface area contributed by atoms with Crippen LogP contribution in [0.25, 0.3) is 10.9 Å². The number of para-hydroxylation sites is 1. The highest BCUT2D eigenvalue weighted by atomic mass is 32.2. The number of carbonyl (C=O) groups is 2. The number of nitrogens with one attached hydrogen (secondary N) is 2. The maximum absolute atomic E-state index is 13.2. The van der Waals surface area contributed by atoms with Crippen molar-refractivity contribution in [3.05, 3.63) is 64.5 Å². The van der Waals surface area contributed by atoms with Gasteiger partial charge in [0.05, 0.1) is 23.2 Å². The Balaban J connectivity index is 1.61. The molecule has 31 heavy (non-hydrogen) atoms. The second-order valence-electron chi connectivity index (χ2n) is 6.92. The Bertz CT molecular complexity index is 1200. The van der Waals surface area contributed by atoms with Crippen LogP contribution in [0, 0.1) is 11.6 Å². The van der Waals surface area contributed by atoms with Gasteiger partial charge in [0.1, 0.15) is 0 Å². The van der Waals surface area contributed by atoms with Gasteiger partial charge >= 0.3 is 0 Å². The third-order valence-corrected chi connectivity index (χ3v) is 5.23. The first-order valence-corrected chi connectivity index (χ1v) is 10.4. The van der Waals surface area contributed by atoms with Crippen molar-refractivity contribution >= 4 is 40.2 Å². The fourth-order valence-corrected chi connectivity index (χ4v) is 3.78. The zero-order valence-electron chi connectivity index (χ0n) is 16.8. The molecule has 0 aliphatic rings. The van der Waals surface area contributed by atoms with Gasteiger partial charge in [-0.3, -0.25) is 19.0 Å². The first-order chi connectivity index (χ1) is 14.8. The lowest BCUT2D eigenvalue weighted by atomic mass is 10.2. The minimum Gasteiger partial charge on any atom is -0.346 e. The Morgan fingerprint density at radius 1 is 1.10 bits per heavy atom. The Morgan fingerprint density at radius 2 is 1.84 bits per heavy atom. The number of nitrogens with zero attached hydrogens (tertiary/aromatic N) is 2. The zero-order valence-corrected chi connectivity index (χ0v) is 17.6. The van der Waals surface area contributed by atoms with Crippen LogP contribution >= 0.6 is 11.8 Å². The number of carbonyl (C=O) groups excluding carboxylic acids is 2. The molecule has 162 valence electrons. The van der Waals surface area contributed by atoms with Gasteiger partial charge in [-0.05, 0) is 38.1 Å². The van der Waals surface area contributed by atoms with E-state index in [9.17, 15) is 23.2 Å². The van der Waals surface area contributed by atoms with Crippen molar-refractivity contribution in [3.8, 4) is 0 Å². The van der Waals surface area contributed by atoms with E-state index >= 15 is 0 Å². The van der Waals surface area contributed by atoms with E-state index in [1.165, 1.54) is 10.6 Å². The molecule has 7 nitrogen and oxygen atoms in total. The highest BCUT2D eigenvalue weighted by molar-refractivity contribution is 7.99. The van der Waals surface area contributed by atoms with Crippen molar-refractivity contribution in [1.29, 1.82) is 0 Å². The van der Waals surface area contributed by atoms with Crippen molar-refractivity contribution in [3.63, 3.8) is 0 Å². The van der Waals surface area contributed by atoms with Crippen LogP contribution in [0.2, 0.25) is 0 Å². The van der Waals surface area contributed by atoms with E-state index in [1.54, 1.807) is 24.3 Å². The lowest BCUT2D eigenvalue weighted by molar-refractivity contribution is -0.122. The van der Waals surface area contributed by atoms with E-state index in [0.717, 1.165) is 23.9 Å². The van der Waals surface area contributed by atoms with Crippen LogP contribution in [0.1, 0.15) is 19.9 Å². The average molecular weight is 446 g/mol. The van der Waals surface area contributed by atoms with E-state index in [0.29, 0.717) is 16.1 Å². The molecule has 2 N–H and O–H groups in total. The van der Waals surface area contributed by atoms with Gasteiger partial charge < -0.3 is 10.6 Å². The fraction of sp³-hybridized carbons (Fsp3) is 0.238. The van der Waals surface area contributed by atoms with Gasteiger partial charge in [0.2, 0.25) is 11.8 Å². The number of hydrogen-bond donors (Lipinski definition) is 2. The summed E-state index contributed by atoms with van der Waals surface area (Å²) in [5.74, 6) is -3.20. The number of anilines is 1. The average Bonchev–Trinajstić information content (AvgIpc) is 2.73. The molecular weight excluding hydrogens is 426 g/mol. The van der Waals surface area contributed by atoms with Crippen molar-refractivity contribution in [2.24, 2.45) is 0 Å². The summed E-state index contributed by atoms with van der Waals surface area (Å²) in [5.41, 5.74) is 0.432. The molecule has 0 atom stereocenters. The standard InChI is InChI=1S/C21H20F2N4O3S/c1-12(2)27-20(30)14-5-3-4-6-17(14)26-21(27)31-11-19(29)24-10-18(28)25-13-7-8-15(22)16(23)9-13/h3-9,12H,10-11H2,1-2H3,(H,24,29)(H,25,28). The van der Waals surface area contributed by atoms with Gasteiger partial charge in [-0.2, -0.15) is 0 Å². The highest BCUT2D eigenvalue weighted by Gasteiger charge is 2.15. The van der Waals surface area contributed by atoms with Gasteiger partial charge in [0.25, 0.3) is 5.56 Å². The topological polar surface area (TPSA) is 93.1 Å². The Hall–Kier alpha value is -3.27. The maximum atomic E-state index is 13.2. The summed E-state index contributed by atoms with van der Waals surface area (Å²) in [6.07, 6.45) is 0. The number of rotatable bonds is 7. The molecule has 0 spiro atoms. The van der Waals surface area contributed by atoms with Gasteiger partial charge in [-0.25, -0.2) is 13.8 Å². The molecule has 0 saturated heterocycles. The fourth-order valence-electron chi connectivity index (χ4n) is 2.82. The molecule has 0 radical (unpaired) electrons. The summed E-state index contributed by atoms with van der Waals surface area (Å²) >= 11 is 1.09. The smallest absolute Gasteiger partial charge is 0.262 e. The number of thioether (sulfide) groups is 1. The Kier molecular flexibility index (Phi) is 7.01. The van der Waals surface area contributed by atoms with Crippen LogP contribution in [0.15, 0.2) is 52.4 Å². The predicted molar refractivity (Wildman–Crippen MR) is 115 cm³/mol. The van der Waals surface area contributed by atoms with E-state index in [1.807, 2.05) is 13.8 Å². The Morgan fingerprint density at radius 3 is 2.55 bits per heavy atom. The van der Waals surface area contributed by atoms with Crippen LogP contribution in [0.5, 0.6) is 0 Å². The van der Waals surface area contributed by atoms with E-state index in [2.05, 4.69) is 15.6 Å². The molecule has 0 fully saturated rings. The molecule has 3 rings (SSSR count). The largest absolute Gasteiger partial charge is 0.346 e. The summed E-state index contributed by atoms with van der Waals surface area (Å²) in [7, 11) is 0. The van der Waals surface area contributed by atoms with Crippen molar-refractivity contribution in [2.45, 2.75) is 25.0 Å². The molecule has 0 aliphatic carbocycles. The van der Waals surface area contributed by atoms with Crippen LogP contribution in [0.3, 0.4) is 0 Å². The van der Waals surface area contributed by atoms with E-state index in [4.69, 9.17) is 0 Å². The van der Waals surface area contributed by atoms with Gasteiger partial charge in [-0.15, -0.1) is 0 Å². The summed E-state index contributed by atoms with van der Waals surface area (Å²) in [4.78, 5) is 41.4. The summed E-state index contributed by atoms with van der Waals surface area (Å²) in [5, 5.41) is 5.71. The van der Waals surface area contributed by atoms with Crippen LogP contribution in [-0.2, 0) is 9.59 Å². The highest BCUT2D eigenvalue weighted by Crippen LogP contribution is 2.20. The van der Waals surface area contributed by atoms with Crippen LogP contribution in [0.4, 0.5) is 14.5 Å². The molecule has 0 aliphatic heterocycles. The van der Waals surface area contributed by atoms with Gasteiger partial charge in [-0.1, -0.05) is 23.9 Å². The third-order valence-electron chi connectivity index (χ3n) is 4.27. The molecule has 2 amide bonds. The molecule has 2 aromatic carbocycles. The summed E-state index contributed by atoms with van der Waals surface area (Å²) < 4.78 is 27.6.